The van der Waals surface area contributed by atoms with Gasteiger partial charge in [-0.25, -0.2) is 0 Å². The van der Waals surface area contributed by atoms with Gasteiger partial charge in [-0.1, -0.05) is 0 Å². The highest BCUT2D eigenvalue weighted by molar-refractivity contribution is 4.82. The van der Waals surface area contributed by atoms with Crippen LogP contribution in [0.15, 0.2) is 0 Å². The van der Waals surface area contributed by atoms with Gasteiger partial charge in [-0.05, 0) is 27.3 Å². The van der Waals surface area contributed by atoms with Gasteiger partial charge in [0, 0.05) is 44.8 Å². The third kappa shape index (κ3) is 4.92. The van der Waals surface area contributed by atoms with Gasteiger partial charge >= 0.3 is 0 Å². The summed E-state index contributed by atoms with van der Waals surface area (Å²) < 4.78 is 10.7. The van der Waals surface area contributed by atoms with E-state index >= 15 is 0 Å². The highest BCUT2D eigenvalue weighted by Gasteiger charge is 2.26. The molecule has 0 bridgehead atoms. The van der Waals surface area contributed by atoms with Crippen LogP contribution in [0.1, 0.15) is 20.3 Å². The quantitative estimate of drug-likeness (QED) is 0.690. The maximum Gasteiger partial charge on any atom is 0.0589 e. The van der Waals surface area contributed by atoms with Crippen LogP contribution in [0.2, 0.25) is 0 Å². The van der Waals surface area contributed by atoms with Crippen molar-refractivity contribution in [2.75, 3.05) is 47.1 Å². The number of methoxy groups -OCH3 is 1. The predicted octanol–water partition coefficient (Wildman–Crippen LogP) is 0.968. The van der Waals surface area contributed by atoms with E-state index in [1.807, 2.05) is 0 Å². The van der Waals surface area contributed by atoms with Crippen LogP contribution in [-0.2, 0) is 9.47 Å². The Morgan fingerprint density at radius 1 is 1.47 bits per heavy atom. The van der Waals surface area contributed by atoms with Crippen LogP contribution in [-0.4, -0.2) is 64.1 Å². The highest BCUT2D eigenvalue weighted by atomic mass is 16.5. The third-order valence-electron chi connectivity index (χ3n) is 3.65. The molecule has 1 fully saturated rings. The fourth-order valence-corrected chi connectivity index (χ4v) is 2.37. The lowest BCUT2D eigenvalue weighted by Crippen LogP contribution is -2.47. The van der Waals surface area contributed by atoms with E-state index in [1.165, 1.54) is 6.42 Å². The van der Waals surface area contributed by atoms with Gasteiger partial charge in [0.15, 0.2) is 0 Å². The smallest absolute Gasteiger partial charge is 0.0589 e. The van der Waals surface area contributed by atoms with Gasteiger partial charge in [-0.3, -0.25) is 4.90 Å². The molecule has 4 heteroatoms. The van der Waals surface area contributed by atoms with E-state index in [1.54, 1.807) is 7.11 Å². The first-order valence-corrected chi connectivity index (χ1v) is 6.67. The molecule has 102 valence electrons. The van der Waals surface area contributed by atoms with Gasteiger partial charge in [0.05, 0.1) is 13.2 Å². The lowest BCUT2D eigenvalue weighted by molar-refractivity contribution is 0.110. The van der Waals surface area contributed by atoms with Crippen LogP contribution in [0.25, 0.3) is 0 Å². The monoisotopic (exact) mass is 244 g/mol. The molecule has 0 aromatic heterocycles. The number of likely N-dealkylation sites (N-methyl/N-ethyl adjacent to an activating group) is 1. The van der Waals surface area contributed by atoms with E-state index in [2.05, 4.69) is 31.1 Å². The van der Waals surface area contributed by atoms with Crippen molar-refractivity contribution in [3.8, 4) is 0 Å². The molecule has 0 radical (unpaired) electrons. The fourth-order valence-electron chi connectivity index (χ4n) is 2.37. The van der Waals surface area contributed by atoms with Crippen LogP contribution in [0, 0.1) is 5.92 Å². The van der Waals surface area contributed by atoms with Crippen molar-refractivity contribution in [1.82, 2.24) is 10.2 Å². The summed E-state index contributed by atoms with van der Waals surface area (Å²) in [6, 6.07) is 1.08. The summed E-state index contributed by atoms with van der Waals surface area (Å²) in [5, 5.41) is 3.44. The first-order chi connectivity index (χ1) is 8.19. The topological polar surface area (TPSA) is 33.7 Å². The molecule has 2 atom stereocenters. The molecule has 2 unspecified atom stereocenters. The number of hydrogen-bond donors (Lipinski definition) is 1. The second-order valence-electron chi connectivity index (χ2n) is 5.10. The summed E-state index contributed by atoms with van der Waals surface area (Å²) in [5.74, 6) is 0.656. The molecule has 0 saturated carbocycles. The number of nitrogens with one attached hydrogen (secondary N) is 1. The number of rotatable bonds is 8. The number of nitrogens with zero attached hydrogens (tertiary/aromatic N) is 1. The largest absolute Gasteiger partial charge is 0.383 e. The first-order valence-electron chi connectivity index (χ1n) is 6.67. The molecule has 1 N–H and O–H groups in total. The Kier molecular flexibility index (Phi) is 7.04. The van der Waals surface area contributed by atoms with E-state index in [0.717, 1.165) is 32.9 Å². The standard InChI is InChI=1S/C13H28N2O2/c1-11(2)15(6-8-16-4)9-13(14-3)12-5-7-17-10-12/h11-14H,5-10H2,1-4H3. The predicted molar refractivity (Wildman–Crippen MR) is 70.4 cm³/mol. The summed E-state index contributed by atoms with van der Waals surface area (Å²) in [5.41, 5.74) is 0. The second kappa shape index (κ2) is 8.03. The van der Waals surface area contributed by atoms with Crippen molar-refractivity contribution < 1.29 is 9.47 Å². The molecule has 4 nitrogen and oxygen atoms in total. The molecule has 0 aliphatic carbocycles. The normalized spacial score (nSPS) is 22.6. The molecule has 1 aliphatic heterocycles. The summed E-state index contributed by atoms with van der Waals surface area (Å²) in [4.78, 5) is 2.48. The lowest BCUT2D eigenvalue weighted by Gasteiger charge is -2.32. The zero-order chi connectivity index (χ0) is 12.7. The minimum Gasteiger partial charge on any atom is -0.383 e. The molecule has 0 amide bonds. The highest BCUT2D eigenvalue weighted by Crippen LogP contribution is 2.18. The van der Waals surface area contributed by atoms with Crippen molar-refractivity contribution in [1.29, 1.82) is 0 Å². The van der Waals surface area contributed by atoms with Gasteiger partial charge in [-0.2, -0.15) is 0 Å². The third-order valence-corrected chi connectivity index (χ3v) is 3.65. The SMILES string of the molecule is CNC(CN(CCOC)C(C)C)C1CCOC1. The summed E-state index contributed by atoms with van der Waals surface area (Å²) in [6.07, 6.45) is 1.18. The molecule has 0 spiro atoms. The Hall–Kier alpha value is -0.160. The summed E-state index contributed by atoms with van der Waals surface area (Å²) >= 11 is 0. The molecule has 0 aromatic rings. The summed E-state index contributed by atoms with van der Waals surface area (Å²) in [7, 11) is 3.82. The Balaban J connectivity index is 2.44. The van der Waals surface area contributed by atoms with Crippen molar-refractivity contribution in [2.45, 2.75) is 32.4 Å². The van der Waals surface area contributed by atoms with Crippen molar-refractivity contribution in [3.05, 3.63) is 0 Å². The average molecular weight is 244 g/mol. The van der Waals surface area contributed by atoms with Gasteiger partial charge in [0.1, 0.15) is 0 Å². The molecular weight excluding hydrogens is 216 g/mol. The van der Waals surface area contributed by atoms with E-state index in [0.29, 0.717) is 18.0 Å². The van der Waals surface area contributed by atoms with Gasteiger partial charge in [-0.15, -0.1) is 0 Å². The maximum atomic E-state index is 5.48. The molecule has 0 aromatic carbocycles. The maximum absolute atomic E-state index is 5.48. The molecule has 1 heterocycles. The van der Waals surface area contributed by atoms with Crippen LogP contribution in [0.3, 0.4) is 0 Å². The molecule has 1 saturated heterocycles. The van der Waals surface area contributed by atoms with Crippen LogP contribution >= 0.6 is 0 Å². The molecule has 1 rings (SSSR count). The Bertz CT molecular complexity index is 194. The van der Waals surface area contributed by atoms with Crippen molar-refractivity contribution in [2.24, 2.45) is 5.92 Å². The minimum absolute atomic E-state index is 0.525. The van der Waals surface area contributed by atoms with Crippen molar-refractivity contribution >= 4 is 0 Å². The van der Waals surface area contributed by atoms with E-state index < -0.39 is 0 Å². The van der Waals surface area contributed by atoms with Gasteiger partial charge in [0.25, 0.3) is 0 Å². The number of ether oxygens (including phenoxy) is 2. The number of hydrogen-bond acceptors (Lipinski definition) is 4. The van der Waals surface area contributed by atoms with E-state index in [-0.39, 0.29) is 0 Å². The Labute approximate surface area is 106 Å². The van der Waals surface area contributed by atoms with Crippen LogP contribution in [0.5, 0.6) is 0 Å². The average Bonchev–Trinajstić information content (AvgIpc) is 2.82. The van der Waals surface area contributed by atoms with Crippen LogP contribution < -0.4 is 5.32 Å². The van der Waals surface area contributed by atoms with E-state index in [9.17, 15) is 0 Å². The second-order valence-corrected chi connectivity index (χ2v) is 5.10. The Morgan fingerprint density at radius 3 is 2.71 bits per heavy atom. The zero-order valence-corrected chi connectivity index (χ0v) is 11.7. The summed E-state index contributed by atoms with van der Waals surface area (Å²) in [6.45, 7) is 9.19. The minimum atomic E-state index is 0.525. The molecule has 1 aliphatic rings. The zero-order valence-electron chi connectivity index (χ0n) is 11.7. The van der Waals surface area contributed by atoms with Gasteiger partial charge < -0.3 is 14.8 Å². The van der Waals surface area contributed by atoms with Crippen molar-refractivity contribution in [3.63, 3.8) is 0 Å². The first kappa shape index (κ1) is 14.9. The van der Waals surface area contributed by atoms with Gasteiger partial charge in [0.2, 0.25) is 0 Å². The fraction of sp³-hybridized carbons (Fsp3) is 1.00. The Morgan fingerprint density at radius 2 is 2.24 bits per heavy atom. The van der Waals surface area contributed by atoms with Crippen LogP contribution in [0.4, 0.5) is 0 Å². The van der Waals surface area contributed by atoms with E-state index in [4.69, 9.17) is 9.47 Å². The molecular formula is C13H28N2O2. The molecule has 17 heavy (non-hydrogen) atoms. The lowest BCUT2D eigenvalue weighted by atomic mass is 9.98.